The highest BCUT2D eigenvalue weighted by Gasteiger charge is 2.15. The Bertz CT molecular complexity index is 1430. The Balaban J connectivity index is 1.30. The smallest absolute Gasteiger partial charge is 0.181 e. The normalized spacial score (nSPS) is 14.5. The fraction of sp³-hybridized carbons (Fsp3) is 0.269. The predicted molar refractivity (Wildman–Crippen MR) is 130 cm³/mol. The van der Waals surface area contributed by atoms with Crippen LogP contribution < -0.4 is 4.74 Å². The quantitative estimate of drug-likeness (QED) is 0.397. The average Bonchev–Trinajstić information content (AvgIpc) is 3.62. The van der Waals surface area contributed by atoms with Crippen LogP contribution in [0.1, 0.15) is 18.7 Å². The van der Waals surface area contributed by atoms with Crippen molar-refractivity contribution in [2.24, 2.45) is 0 Å². The van der Waals surface area contributed by atoms with Crippen molar-refractivity contribution in [2.75, 3.05) is 26.7 Å². The standard InChI is InChI=1S/C26H26N6O/c1-33-21-8-6-17-14-19(5-4-18(17)15-21)25-22-16-20(7-9-23(22)28-30-25)26-27-24(29-31-26)10-13-32-11-2-3-12-32/h4-9,14-16H,2-3,10-13H2,1H3,(H,28,30)(H,27,29,31). The fourth-order valence-electron chi connectivity index (χ4n) is 4.68. The minimum Gasteiger partial charge on any atom is -0.497 e. The minimum atomic E-state index is 0.728. The summed E-state index contributed by atoms with van der Waals surface area (Å²) in [7, 11) is 1.69. The monoisotopic (exact) mass is 438 g/mol. The van der Waals surface area contributed by atoms with Crippen LogP contribution in [0, 0.1) is 0 Å². The summed E-state index contributed by atoms with van der Waals surface area (Å²) in [6, 6.07) is 18.7. The Kier molecular flexibility index (Phi) is 5.03. The lowest BCUT2D eigenvalue weighted by Gasteiger charge is -2.12. The first-order chi connectivity index (χ1) is 16.3. The average molecular weight is 439 g/mol. The number of methoxy groups -OCH3 is 1. The minimum absolute atomic E-state index is 0.728. The van der Waals surface area contributed by atoms with E-state index in [1.54, 1.807) is 7.11 Å². The van der Waals surface area contributed by atoms with Crippen molar-refractivity contribution in [3.8, 4) is 28.4 Å². The van der Waals surface area contributed by atoms with E-state index in [4.69, 9.17) is 9.72 Å². The van der Waals surface area contributed by atoms with Gasteiger partial charge in [-0.3, -0.25) is 10.2 Å². The molecule has 2 aromatic heterocycles. The van der Waals surface area contributed by atoms with Gasteiger partial charge in [-0.2, -0.15) is 10.2 Å². The third-order valence-corrected chi connectivity index (χ3v) is 6.54. The van der Waals surface area contributed by atoms with Crippen molar-refractivity contribution in [1.29, 1.82) is 0 Å². The van der Waals surface area contributed by atoms with Crippen molar-refractivity contribution in [1.82, 2.24) is 30.3 Å². The summed E-state index contributed by atoms with van der Waals surface area (Å²) in [5.74, 6) is 2.52. The number of likely N-dealkylation sites (tertiary alicyclic amines) is 1. The van der Waals surface area contributed by atoms with Gasteiger partial charge in [-0.25, -0.2) is 4.98 Å². The number of nitrogens with zero attached hydrogens (tertiary/aromatic N) is 4. The molecule has 1 saturated heterocycles. The summed E-state index contributed by atoms with van der Waals surface area (Å²) in [4.78, 5) is 7.25. The summed E-state index contributed by atoms with van der Waals surface area (Å²) in [5, 5.41) is 18.7. The molecule has 3 aromatic carbocycles. The molecule has 0 atom stereocenters. The van der Waals surface area contributed by atoms with Gasteiger partial charge in [-0.1, -0.05) is 18.2 Å². The van der Waals surface area contributed by atoms with Gasteiger partial charge in [0.15, 0.2) is 5.82 Å². The van der Waals surface area contributed by atoms with Crippen LogP contribution in [0.15, 0.2) is 54.6 Å². The van der Waals surface area contributed by atoms with E-state index in [1.807, 2.05) is 24.3 Å². The van der Waals surface area contributed by atoms with E-state index in [1.165, 1.54) is 25.9 Å². The van der Waals surface area contributed by atoms with Crippen LogP contribution in [-0.4, -0.2) is 57.0 Å². The molecule has 0 radical (unpaired) electrons. The molecule has 1 fully saturated rings. The first-order valence-corrected chi connectivity index (χ1v) is 11.5. The molecule has 7 heteroatoms. The van der Waals surface area contributed by atoms with Gasteiger partial charge in [0.05, 0.1) is 18.3 Å². The van der Waals surface area contributed by atoms with E-state index >= 15 is 0 Å². The lowest BCUT2D eigenvalue weighted by Crippen LogP contribution is -2.22. The highest BCUT2D eigenvalue weighted by atomic mass is 16.5. The molecule has 0 saturated carbocycles. The molecular weight excluding hydrogens is 412 g/mol. The first-order valence-electron chi connectivity index (χ1n) is 11.5. The molecule has 1 aliphatic heterocycles. The first kappa shape index (κ1) is 19.9. The molecule has 2 N–H and O–H groups in total. The van der Waals surface area contributed by atoms with Gasteiger partial charge >= 0.3 is 0 Å². The number of nitrogens with one attached hydrogen (secondary N) is 2. The largest absolute Gasteiger partial charge is 0.497 e. The summed E-state index contributed by atoms with van der Waals surface area (Å²) in [5.41, 5.74) is 3.97. The van der Waals surface area contributed by atoms with Crippen LogP contribution in [0.5, 0.6) is 5.75 Å². The molecular formula is C26H26N6O. The van der Waals surface area contributed by atoms with E-state index in [2.05, 4.69) is 55.6 Å². The number of aromatic nitrogens is 5. The number of ether oxygens (including phenoxy) is 1. The second-order valence-corrected chi connectivity index (χ2v) is 8.66. The molecule has 0 aliphatic carbocycles. The maximum absolute atomic E-state index is 5.35. The van der Waals surface area contributed by atoms with Crippen molar-refractivity contribution in [3.05, 3.63) is 60.4 Å². The molecule has 3 heterocycles. The summed E-state index contributed by atoms with van der Waals surface area (Å²) >= 11 is 0. The van der Waals surface area contributed by atoms with Crippen LogP contribution in [0.3, 0.4) is 0 Å². The Morgan fingerprint density at radius 2 is 1.70 bits per heavy atom. The third-order valence-electron chi connectivity index (χ3n) is 6.54. The molecule has 7 nitrogen and oxygen atoms in total. The number of fused-ring (bicyclic) bond motifs is 2. The molecule has 0 unspecified atom stereocenters. The van der Waals surface area contributed by atoms with Crippen LogP contribution >= 0.6 is 0 Å². The van der Waals surface area contributed by atoms with E-state index in [-0.39, 0.29) is 0 Å². The molecule has 6 rings (SSSR count). The van der Waals surface area contributed by atoms with Gasteiger partial charge in [-0.15, -0.1) is 0 Å². The molecule has 0 amide bonds. The number of benzene rings is 3. The lowest BCUT2D eigenvalue weighted by atomic mass is 10.0. The van der Waals surface area contributed by atoms with Gasteiger partial charge in [0.2, 0.25) is 0 Å². The predicted octanol–water partition coefficient (Wildman–Crippen LogP) is 4.82. The number of rotatable bonds is 6. The highest BCUT2D eigenvalue weighted by Crippen LogP contribution is 2.32. The maximum Gasteiger partial charge on any atom is 0.181 e. The van der Waals surface area contributed by atoms with E-state index < -0.39 is 0 Å². The zero-order chi connectivity index (χ0) is 22.2. The summed E-state index contributed by atoms with van der Waals surface area (Å²) < 4.78 is 5.35. The van der Waals surface area contributed by atoms with E-state index in [0.29, 0.717) is 0 Å². The van der Waals surface area contributed by atoms with E-state index in [9.17, 15) is 0 Å². The van der Waals surface area contributed by atoms with Crippen molar-refractivity contribution in [3.63, 3.8) is 0 Å². The summed E-state index contributed by atoms with van der Waals surface area (Å²) in [6.07, 6.45) is 3.51. The SMILES string of the molecule is COc1ccc2cc(-c3n[nH]c4ccc(-c5n[nH]c(CCN6CCCC6)n5)cc34)ccc2c1. The van der Waals surface area contributed by atoms with Gasteiger partial charge in [0.1, 0.15) is 11.6 Å². The van der Waals surface area contributed by atoms with Crippen molar-refractivity contribution < 1.29 is 4.74 Å². The van der Waals surface area contributed by atoms with Crippen molar-refractivity contribution in [2.45, 2.75) is 19.3 Å². The molecule has 5 aromatic rings. The Labute approximate surface area is 191 Å². The topological polar surface area (TPSA) is 82.7 Å². The van der Waals surface area contributed by atoms with Gasteiger partial charge in [0.25, 0.3) is 0 Å². The van der Waals surface area contributed by atoms with E-state index in [0.717, 1.165) is 68.9 Å². The molecule has 0 bridgehead atoms. The maximum atomic E-state index is 5.35. The van der Waals surface area contributed by atoms with Crippen LogP contribution in [-0.2, 0) is 6.42 Å². The fourth-order valence-corrected chi connectivity index (χ4v) is 4.68. The Hall–Kier alpha value is -3.71. The number of hydrogen-bond acceptors (Lipinski definition) is 5. The Morgan fingerprint density at radius 3 is 2.58 bits per heavy atom. The van der Waals surface area contributed by atoms with Crippen molar-refractivity contribution >= 4 is 21.7 Å². The molecule has 1 aliphatic rings. The highest BCUT2D eigenvalue weighted by molar-refractivity contribution is 5.97. The molecule has 33 heavy (non-hydrogen) atoms. The van der Waals surface area contributed by atoms with Gasteiger partial charge in [0, 0.05) is 29.5 Å². The third kappa shape index (κ3) is 3.85. The second kappa shape index (κ2) is 8.33. The second-order valence-electron chi connectivity index (χ2n) is 8.66. The summed E-state index contributed by atoms with van der Waals surface area (Å²) in [6.45, 7) is 3.43. The lowest BCUT2D eigenvalue weighted by molar-refractivity contribution is 0.341. The zero-order valence-corrected chi connectivity index (χ0v) is 18.6. The molecule has 0 spiro atoms. The number of hydrogen-bond donors (Lipinski definition) is 2. The van der Waals surface area contributed by atoms with Gasteiger partial charge in [-0.05, 0) is 73.1 Å². The number of H-pyrrole nitrogens is 2. The van der Waals surface area contributed by atoms with Crippen LogP contribution in [0.25, 0.3) is 44.3 Å². The van der Waals surface area contributed by atoms with Gasteiger partial charge < -0.3 is 9.64 Å². The van der Waals surface area contributed by atoms with Crippen LogP contribution in [0.2, 0.25) is 0 Å². The number of aromatic amines is 2. The zero-order valence-electron chi connectivity index (χ0n) is 18.6. The van der Waals surface area contributed by atoms with Crippen LogP contribution in [0.4, 0.5) is 0 Å². The Morgan fingerprint density at radius 1 is 0.879 bits per heavy atom. The molecule has 166 valence electrons.